The van der Waals surface area contributed by atoms with Crippen molar-refractivity contribution in [2.45, 2.75) is 52.2 Å². The molecule has 0 atom stereocenters. The maximum atomic E-state index is 12.4. The summed E-state index contributed by atoms with van der Waals surface area (Å²) in [5.41, 5.74) is 3.47. The average molecular weight is 582 g/mol. The van der Waals surface area contributed by atoms with Gasteiger partial charge in [0.15, 0.2) is 5.82 Å². The number of anilines is 2. The zero-order chi connectivity index (χ0) is 30.1. The van der Waals surface area contributed by atoms with Gasteiger partial charge in [-0.3, -0.25) is 4.68 Å². The first-order valence-corrected chi connectivity index (χ1v) is 14.3. The van der Waals surface area contributed by atoms with Gasteiger partial charge in [0.1, 0.15) is 35.0 Å². The van der Waals surface area contributed by atoms with E-state index in [1.165, 1.54) is 6.33 Å². The van der Waals surface area contributed by atoms with Gasteiger partial charge in [-0.25, -0.2) is 19.7 Å². The number of carbonyl (C=O) groups excluding carboxylic acids is 1. The summed E-state index contributed by atoms with van der Waals surface area (Å²) in [6, 6.07) is 15.4. The van der Waals surface area contributed by atoms with Crippen molar-refractivity contribution in [2.75, 3.05) is 18.4 Å². The van der Waals surface area contributed by atoms with Gasteiger partial charge in [0.25, 0.3) is 0 Å². The molecule has 1 amide bonds. The second kappa shape index (κ2) is 11.4. The minimum Gasteiger partial charge on any atom is -0.474 e. The molecule has 0 saturated carbocycles. The van der Waals surface area contributed by atoms with Crippen molar-refractivity contribution in [1.29, 1.82) is 0 Å². The van der Waals surface area contributed by atoms with Crippen molar-refractivity contribution in [1.82, 2.24) is 29.6 Å². The van der Waals surface area contributed by atoms with Crippen molar-refractivity contribution in [3.05, 3.63) is 66.6 Å². The van der Waals surface area contributed by atoms with Crippen LogP contribution in [0, 0.1) is 6.92 Å². The Hall–Kier alpha value is -4.93. The van der Waals surface area contributed by atoms with Gasteiger partial charge >= 0.3 is 6.09 Å². The zero-order valence-corrected chi connectivity index (χ0v) is 25.0. The molecule has 5 aromatic rings. The molecule has 11 nitrogen and oxygen atoms in total. The van der Waals surface area contributed by atoms with E-state index in [0.29, 0.717) is 48.7 Å². The van der Waals surface area contributed by atoms with E-state index in [9.17, 15) is 4.79 Å². The highest BCUT2D eigenvalue weighted by atomic mass is 16.6. The lowest BCUT2D eigenvalue weighted by atomic mass is 10.1. The van der Waals surface area contributed by atoms with Gasteiger partial charge in [-0.2, -0.15) is 5.10 Å². The highest BCUT2D eigenvalue weighted by Crippen LogP contribution is 2.31. The van der Waals surface area contributed by atoms with E-state index in [1.54, 1.807) is 9.58 Å². The Bertz CT molecular complexity index is 1790. The third kappa shape index (κ3) is 6.61. The maximum Gasteiger partial charge on any atom is 0.410 e. The van der Waals surface area contributed by atoms with Crippen molar-refractivity contribution in [3.8, 4) is 17.4 Å². The number of likely N-dealkylation sites (tertiary alicyclic amines) is 1. The number of hydrogen-bond acceptors (Lipinski definition) is 9. The standard InChI is InChI=1S/C32H35N7O4/c1-20-16-22(7-10-27(20)41-24-8-6-21-18-38(5)37-26(21)17-24)35-30-29-25(33-19-34-30)9-11-28(36-29)42-23-12-14-39(15-13-23)31(40)43-32(2,3)4/h6-11,16-19,23H,12-15H2,1-5H3,(H,33,34,35). The number of nitrogens with zero attached hydrogens (tertiary/aromatic N) is 6. The second-order valence-electron chi connectivity index (χ2n) is 11.8. The fourth-order valence-corrected chi connectivity index (χ4v) is 5.02. The summed E-state index contributed by atoms with van der Waals surface area (Å²) >= 11 is 0. The molecule has 0 unspecified atom stereocenters. The summed E-state index contributed by atoms with van der Waals surface area (Å²) in [4.78, 5) is 27.7. The normalized spacial score (nSPS) is 14.2. The van der Waals surface area contributed by atoms with E-state index >= 15 is 0 Å². The number of aromatic nitrogens is 5. The Kier molecular flexibility index (Phi) is 7.47. The number of piperidine rings is 1. The van der Waals surface area contributed by atoms with Gasteiger partial charge in [0.2, 0.25) is 5.88 Å². The van der Waals surface area contributed by atoms with E-state index in [2.05, 4.69) is 20.4 Å². The molecule has 0 bridgehead atoms. The number of fused-ring (bicyclic) bond motifs is 2. The number of aryl methyl sites for hydroxylation is 2. The van der Waals surface area contributed by atoms with Gasteiger partial charge in [-0.05, 0) is 69.7 Å². The minimum atomic E-state index is -0.516. The Morgan fingerprint density at radius 2 is 1.81 bits per heavy atom. The van der Waals surface area contributed by atoms with E-state index in [4.69, 9.17) is 19.2 Å². The van der Waals surface area contributed by atoms with Crippen LogP contribution >= 0.6 is 0 Å². The molecule has 1 aliphatic rings. The Labute approximate surface area is 249 Å². The predicted molar refractivity (Wildman–Crippen MR) is 164 cm³/mol. The summed E-state index contributed by atoms with van der Waals surface area (Å²) < 4.78 is 19.7. The van der Waals surface area contributed by atoms with Crippen LogP contribution in [0.1, 0.15) is 39.2 Å². The number of ether oxygens (including phenoxy) is 3. The minimum absolute atomic E-state index is 0.0572. The number of pyridine rings is 1. The molecule has 3 aromatic heterocycles. The number of hydrogen-bond donors (Lipinski definition) is 1. The highest BCUT2D eigenvalue weighted by molar-refractivity contribution is 5.87. The zero-order valence-electron chi connectivity index (χ0n) is 25.0. The first-order valence-electron chi connectivity index (χ1n) is 14.3. The molecule has 1 N–H and O–H groups in total. The van der Waals surface area contributed by atoms with Crippen molar-refractivity contribution in [2.24, 2.45) is 7.05 Å². The molecule has 4 heterocycles. The molecule has 2 aromatic carbocycles. The molecule has 11 heteroatoms. The van der Waals surface area contributed by atoms with Crippen molar-refractivity contribution >= 4 is 39.5 Å². The molecule has 6 rings (SSSR count). The van der Waals surface area contributed by atoms with E-state index in [1.807, 2.05) is 89.5 Å². The van der Waals surface area contributed by atoms with Gasteiger partial charge in [0.05, 0.1) is 11.0 Å². The van der Waals surface area contributed by atoms with Gasteiger partial charge in [0, 0.05) is 62.4 Å². The molecular formula is C32H35N7O4. The molecule has 1 aliphatic heterocycles. The number of rotatable bonds is 6. The van der Waals surface area contributed by atoms with Crippen LogP contribution < -0.4 is 14.8 Å². The van der Waals surface area contributed by atoms with Gasteiger partial charge in [-0.15, -0.1) is 0 Å². The lowest BCUT2D eigenvalue weighted by Crippen LogP contribution is -2.44. The smallest absolute Gasteiger partial charge is 0.410 e. The second-order valence-corrected chi connectivity index (χ2v) is 11.8. The summed E-state index contributed by atoms with van der Waals surface area (Å²) in [5.74, 6) is 2.54. The number of benzene rings is 2. The topological polar surface area (TPSA) is 117 Å². The van der Waals surface area contributed by atoms with Gasteiger partial charge < -0.3 is 24.4 Å². The Balaban J connectivity index is 1.13. The molecule has 1 saturated heterocycles. The van der Waals surface area contributed by atoms with Crippen LogP contribution in [0.3, 0.4) is 0 Å². The fraction of sp³-hybridized carbons (Fsp3) is 0.344. The molecular weight excluding hydrogens is 546 g/mol. The Morgan fingerprint density at radius 1 is 1.00 bits per heavy atom. The van der Waals surface area contributed by atoms with Crippen LogP contribution in [0.5, 0.6) is 17.4 Å². The monoisotopic (exact) mass is 581 g/mol. The number of amides is 1. The third-order valence-corrected chi connectivity index (χ3v) is 7.10. The molecule has 222 valence electrons. The molecule has 0 radical (unpaired) electrons. The summed E-state index contributed by atoms with van der Waals surface area (Å²) in [5, 5.41) is 8.90. The van der Waals surface area contributed by atoms with Gasteiger partial charge in [-0.1, -0.05) is 0 Å². The summed E-state index contributed by atoms with van der Waals surface area (Å²) in [6.07, 6.45) is 4.53. The molecule has 0 spiro atoms. The molecule has 43 heavy (non-hydrogen) atoms. The number of carbonyl (C=O) groups is 1. The molecule has 1 fully saturated rings. The Morgan fingerprint density at radius 3 is 2.58 bits per heavy atom. The number of nitrogens with one attached hydrogen (secondary N) is 1. The maximum absolute atomic E-state index is 12.4. The predicted octanol–water partition coefficient (Wildman–Crippen LogP) is 6.53. The van der Waals surface area contributed by atoms with Crippen LogP contribution in [0.4, 0.5) is 16.3 Å². The van der Waals surface area contributed by atoms with E-state index in [0.717, 1.165) is 33.7 Å². The highest BCUT2D eigenvalue weighted by Gasteiger charge is 2.28. The molecule has 0 aliphatic carbocycles. The van der Waals surface area contributed by atoms with Crippen molar-refractivity contribution in [3.63, 3.8) is 0 Å². The van der Waals surface area contributed by atoms with E-state index < -0.39 is 5.60 Å². The lowest BCUT2D eigenvalue weighted by Gasteiger charge is -2.33. The van der Waals surface area contributed by atoms with Crippen LogP contribution in [0.25, 0.3) is 21.9 Å². The fourth-order valence-electron chi connectivity index (χ4n) is 5.02. The third-order valence-electron chi connectivity index (χ3n) is 7.10. The largest absolute Gasteiger partial charge is 0.474 e. The van der Waals surface area contributed by atoms with Crippen LogP contribution in [-0.4, -0.2) is 60.5 Å². The van der Waals surface area contributed by atoms with Crippen LogP contribution in [-0.2, 0) is 11.8 Å². The van der Waals surface area contributed by atoms with Crippen molar-refractivity contribution < 1.29 is 19.0 Å². The first-order chi connectivity index (χ1) is 20.6. The summed E-state index contributed by atoms with van der Waals surface area (Å²) in [7, 11) is 1.90. The van der Waals surface area contributed by atoms with Crippen LogP contribution in [0.15, 0.2) is 61.1 Å². The average Bonchev–Trinajstić information content (AvgIpc) is 3.33. The van der Waals surface area contributed by atoms with Crippen LogP contribution in [0.2, 0.25) is 0 Å². The summed E-state index contributed by atoms with van der Waals surface area (Å²) in [6.45, 7) is 8.75. The quantitative estimate of drug-likeness (QED) is 0.239. The van der Waals surface area contributed by atoms with E-state index in [-0.39, 0.29) is 12.2 Å². The first kappa shape index (κ1) is 28.2. The lowest BCUT2D eigenvalue weighted by molar-refractivity contribution is 0.0123. The SMILES string of the molecule is Cc1cc(Nc2ncnc3ccc(OC4CCN(C(=O)OC(C)(C)C)CC4)nc23)ccc1Oc1ccc2cn(C)nc2c1.